The molecule has 0 aliphatic carbocycles. The molecule has 104 valence electrons. The van der Waals surface area contributed by atoms with Crippen LogP contribution in [0.3, 0.4) is 0 Å². The number of hydrogen-bond donors (Lipinski definition) is 1. The van der Waals surface area contributed by atoms with Gasteiger partial charge in [0, 0.05) is 33.4 Å². The van der Waals surface area contributed by atoms with Gasteiger partial charge in [-0.05, 0) is 35.2 Å². The molecule has 0 aliphatic rings. The van der Waals surface area contributed by atoms with E-state index >= 15 is 0 Å². The third-order valence-electron chi connectivity index (χ3n) is 2.90. The molecule has 0 spiro atoms. The average molecular weight is 271 g/mol. The monoisotopic (exact) mass is 271 g/mol. The first kappa shape index (κ1) is 15.6. The standard InChI is InChI=1S/C14H25NO2S/c1-3-5-14(16)11-15(7-4-8-17-2)10-13-6-9-18-12-13/h6,9,12,14,16H,3-5,7-8,10-11H2,1-2H3. The van der Waals surface area contributed by atoms with Gasteiger partial charge in [0.05, 0.1) is 6.10 Å². The Labute approximate surface area is 114 Å². The average Bonchev–Trinajstić information content (AvgIpc) is 2.82. The normalized spacial score (nSPS) is 13.1. The molecule has 0 aliphatic heterocycles. The van der Waals surface area contributed by atoms with Crippen molar-refractivity contribution in [2.24, 2.45) is 0 Å². The highest BCUT2D eigenvalue weighted by molar-refractivity contribution is 7.07. The summed E-state index contributed by atoms with van der Waals surface area (Å²) < 4.78 is 5.09. The molecule has 1 aromatic rings. The maximum atomic E-state index is 9.93. The van der Waals surface area contributed by atoms with Crippen molar-refractivity contribution in [3.63, 3.8) is 0 Å². The summed E-state index contributed by atoms with van der Waals surface area (Å²) in [7, 11) is 1.73. The second-order valence-electron chi connectivity index (χ2n) is 4.66. The molecule has 0 bridgehead atoms. The van der Waals surface area contributed by atoms with Crippen LogP contribution in [0.4, 0.5) is 0 Å². The molecule has 1 atom stereocenters. The van der Waals surface area contributed by atoms with Crippen molar-refractivity contribution < 1.29 is 9.84 Å². The Morgan fingerprint density at radius 1 is 1.50 bits per heavy atom. The van der Waals surface area contributed by atoms with Crippen LogP contribution in [0.25, 0.3) is 0 Å². The van der Waals surface area contributed by atoms with Crippen molar-refractivity contribution in [1.29, 1.82) is 0 Å². The Kier molecular flexibility index (Phi) is 8.25. The molecule has 0 fully saturated rings. The molecule has 18 heavy (non-hydrogen) atoms. The van der Waals surface area contributed by atoms with Gasteiger partial charge in [-0.15, -0.1) is 0 Å². The van der Waals surface area contributed by atoms with Crippen molar-refractivity contribution in [3.8, 4) is 0 Å². The topological polar surface area (TPSA) is 32.7 Å². The zero-order chi connectivity index (χ0) is 13.2. The zero-order valence-electron chi connectivity index (χ0n) is 11.5. The summed E-state index contributed by atoms with van der Waals surface area (Å²) in [5, 5.41) is 14.2. The van der Waals surface area contributed by atoms with E-state index in [0.717, 1.165) is 45.5 Å². The lowest BCUT2D eigenvalue weighted by Gasteiger charge is -2.24. The van der Waals surface area contributed by atoms with Crippen LogP contribution in [0.15, 0.2) is 16.8 Å². The second kappa shape index (κ2) is 9.50. The highest BCUT2D eigenvalue weighted by Crippen LogP contribution is 2.11. The van der Waals surface area contributed by atoms with E-state index in [-0.39, 0.29) is 6.10 Å². The van der Waals surface area contributed by atoms with Gasteiger partial charge < -0.3 is 9.84 Å². The van der Waals surface area contributed by atoms with Crippen molar-refractivity contribution in [1.82, 2.24) is 4.90 Å². The Morgan fingerprint density at radius 2 is 2.33 bits per heavy atom. The molecule has 0 aromatic carbocycles. The van der Waals surface area contributed by atoms with Crippen LogP contribution in [0.1, 0.15) is 31.7 Å². The minimum Gasteiger partial charge on any atom is -0.392 e. The van der Waals surface area contributed by atoms with Gasteiger partial charge in [-0.1, -0.05) is 13.3 Å². The Bertz CT molecular complexity index is 290. The Morgan fingerprint density at radius 3 is 2.94 bits per heavy atom. The molecule has 1 unspecified atom stereocenters. The fraction of sp³-hybridized carbons (Fsp3) is 0.714. The first-order chi connectivity index (χ1) is 8.76. The maximum Gasteiger partial charge on any atom is 0.0667 e. The third kappa shape index (κ3) is 6.50. The van der Waals surface area contributed by atoms with Crippen LogP contribution in [0.5, 0.6) is 0 Å². The van der Waals surface area contributed by atoms with E-state index in [1.165, 1.54) is 5.56 Å². The molecule has 1 N–H and O–H groups in total. The quantitative estimate of drug-likeness (QED) is 0.664. The molecule has 3 nitrogen and oxygen atoms in total. The number of methoxy groups -OCH3 is 1. The lowest BCUT2D eigenvalue weighted by atomic mass is 10.2. The fourth-order valence-electron chi connectivity index (χ4n) is 2.03. The van der Waals surface area contributed by atoms with E-state index < -0.39 is 0 Å². The number of aliphatic hydroxyl groups is 1. The molecule has 1 heterocycles. The molecule has 1 aromatic heterocycles. The fourth-order valence-corrected chi connectivity index (χ4v) is 2.69. The van der Waals surface area contributed by atoms with E-state index in [1.807, 2.05) is 0 Å². The van der Waals surface area contributed by atoms with E-state index in [9.17, 15) is 5.11 Å². The SMILES string of the molecule is CCCC(O)CN(CCCOC)Cc1ccsc1. The van der Waals surface area contributed by atoms with Crippen molar-refractivity contribution >= 4 is 11.3 Å². The number of thiophene rings is 1. The highest BCUT2D eigenvalue weighted by atomic mass is 32.1. The minimum atomic E-state index is -0.212. The molecular formula is C14H25NO2S. The Hall–Kier alpha value is -0.420. The summed E-state index contributed by atoms with van der Waals surface area (Å²) in [6.07, 6.45) is 2.71. The van der Waals surface area contributed by atoms with E-state index in [1.54, 1.807) is 18.4 Å². The summed E-state index contributed by atoms with van der Waals surface area (Å²) in [5.74, 6) is 0. The summed E-state index contributed by atoms with van der Waals surface area (Å²) in [5.41, 5.74) is 1.33. The molecule has 0 saturated carbocycles. The lowest BCUT2D eigenvalue weighted by molar-refractivity contribution is 0.0930. The predicted octanol–water partition coefficient (Wildman–Crippen LogP) is 2.75. The molecule has 4 heteroatoms. The van der Waals surface area contributed by atoms with Crippen LogP contribution in [-0.2, 0) is 11.3 Å². The number of nitrogens with zero attached hydrogens (tertiary/aromatic N) is 1. The molecule has 0 radical (unpaired) electrons. The van der Waals surface area contributed by atoms with Gasteiger partial charge >= 0.3 is 0 Å². The first-order valence-electron chi connectivity index (χ1n) is 6.66. The summed E-state index contributed by atoms with van der Waals surface area (Å²) in [6.45, 7) is 5.55. The van der Waals surface area contributed by atoms with Gasteiger partial charge in [0.2, 0.25) is 0 Å². The second-order valence-corrected chi connectivity index (χ2v) is 5.44. The van der Waals surface area contributed by atoms with Gasteiger partial charge in [0.15, 0.2) is 0 Å². The highest BCUT2D eigenvalue weighted by Gasteiger charge is 2.11. The number of rotatable bonds is 10. The predicted molar refractivity (Wildman–Crippen MR) is 77.0 cm³/mol. The zero-order valence-corrected chi connectivity index (χ0v) is 12.3. The van der Waals surface area contributed by atoms with Gasteiger partial charge in [-0.2, -0.15) is 11.3 Å². The van der Waals surface area contributed by atoms with Gasteiger partial charge in [-0.25, -0.2) is 0 Å². The summed E-state index contributed by atoms with van der Waals surface area (Å²) in [6, 6.07) is 2.15. The van der Waals surface area contributed by atoms with E-state index in [2.05, 4.69) is 28.7 Å². The minimum absolute atomic E-state index is 0.212. The van der Waals surface area contributed by atoms with Gasteiger partial charge in [-0.3, -0.25) is 4.90 Å². The first-order valence-corrected chi connectivity index (χ1v) is 7.61. The van der Waals surface area contributed by atoms with Crippen molar-refractivity contribution in [2.45, 2.75) is 38.8 Å². The van der Waals surface area contributed by atoms with Crippen LogP contribution in [0, 0.1) is 0 Å². The number of hydrogen-bond acceptors (Lipinski definition) is 4. The third-order valence-corrected chi connectivity index (χ3v) is 3.63. The molecule has 0 saturated heterocycles. The molecule has 0 amide bonds. The van der Waals surface area contributed by atoms with Crippen LogP contribution < -0.4 is 0 Å². The van der Waals surface area contributed by atoms with Crippen LogP contribution >= 0.6 is 11.3 Å². The Balaban J connectivity index is 2.40. The van der Waals surface area contributed by atoms with Crippen molar-refractivity contribution in [3.05, 3.63) is 22.4 Å². The smallest absolute Gasteiger partial charge is 0.0667 e. The van der Waals surface area contributed by atoms with E-state index in [0.29, 0.717) is 0 Å². The molecule has 1 rings (SSSR count). The largest absolute Gasteiger partial charge is 0.392 e. The number of ether oxygens (including phenoxy) is 1. The van der Waals surface area contributed by atoms with Crippen LogP contribution in [0.2, 0.25) is 0 Å². The molecular weight excluding hydrogens is 246 g/mol. The lowest BCUT2D eigenvalue weighted by Crippen LogP contribution is -2.33. The maximum absolute atomic E-state index is 9.93. The van der Waals surface area contributed by atoms with Gasteiger partial charge in [0.25, 0.3) is 0 Å². The summed E-state index contributed by atoms with van der Waals surface area (Å²) in [4.78, 5) is 2.32. The summed E-state index contributed by atoms with van der Waals surface area (Å²) >= 11 is 1.73. The number of aliphatic hydroxyl groups excluding tert-OH is 1. The van der Waals surface area contributed by atoms with Crippen molar-refractivity contribution in [2.75, 3.05) is 26.8 Å². The van der Waals surface area contributed by atoms with Crippen LogP contribution in [-0.4, -0.2) is 42.9 Å². The van der Waals surface area contributed by atoms with E-state index in [4.69, 9.17) is 4.74 Å². The van der Waals surface area contributed by atoms with Gasteiger partial charge in [0.1, 0.15) is 0 Å².